The maximum atomic E-state index is 12.8. The minimum Gasteiger partial charge on any atom is -0.478 e. The van der Waals surface area contributed by atoms with Crippen molar-refractivity contribution in [2.75, 3.05) is 6.54 Å². The largest absolute Gasteiger partial charge is 0.478 e. The van der Waals surface area contributed by atoms with Crippen LogP contribution in [0, 0.1) is 0 Å². The number of hydrogen-bond acceptors (Lipinski definition) is 5. The first kappa shape index (κ1) is 31.1. The summed E-state index contributed by atoms with van der Waals surface area (Å²) < 4.78 is 6.45. The minimum absolute atomic E-state index is 0.0983. The zero-order chi connectivity index (χ0) is 27.1. The number of furan rings is 1. The quantitative estimate of drug-likeness (QED) is 0.203. The number of thioether (sulfide) groups is 1. The van der Waals surface area contributed by atoms with Crippen LogP contribution in [0.2, 0.25) is 0 Å². The molecule has 1 aromatic heterocycles. The number of aromatic carboxylic acids is 1. The minimum atomic E-state index is -0.965. The van der Waals surface area contributed by atoms with E-state index in [0.717, 1.165) is 22.7 Å². The van der Waals surface area contributed by atoms with Gasteiger partial charge in [-0.1, -0.05) is 88.1 Å². The van der Waals surface area contributed by atoms with Crippen molar-refractivity contribution in [2.45, 2.75) is 60.8 Å². The Morgan fingerprint density at radius 2 is 1.83 bits per heavy atom. The van der Waals surface area contributed by atoms with Crippen molar-refractivity contribution in [3.8, 4) is 0 Å². The highest BCUT2D eigenvalue weighted by atomic mass is 32.2. The Morgan fingerprint density at radius 3 is 2.47 bits per heavy atom. The second-order valence-corrected chi connectivity index (χ2v) is 8.87. The maximum Gasteiger partial charge on any atom is 0.335 e. The summed E-state index contributed by atoms with van der Waals surface area (Å²) in [6.45, 7) is 12.4. The van der Waals surface area contributed by atoms with Crippen molar-refractivity contribution >= 4 is 45.7 Å². The van der Waals surface area contributed by atoms with Crippen molar-refractivity contribution < 1.29 is 19.1 Å². The molecule has 5 nitrogen and oxygen atoms in total. The summed E-state index contributed by atoms with van der Waals surface area (Å²) in [6, 6.07) is 10.7. The van der Waals surface area contributed by atoms with Crippen molar-refractivity contribution in [1.29, 1.82) is 0 Å². The normalized spacial score (nSPS) is 14.6. The molecule has 1 N–H and O–H groups in total. The van der Waals surface area contributed by atoms with Gasteiger partial charge in [-0.05, 0) is 56.5 Å². The van der Waals surface area contributed by atoms with E-state index in [1.54, 1.807) is 23.1 Å². The van der Waals surface area contributed by atoms with Crippen LogP contribution in [0.25, 0.3) is 5.57 Å². The molecule has 0 saturated carbocycles. The van der Waals surface area contributed by atoms with Gasteiger partial charge in [-0.2, -0.15) is 0 Å². The van der Waals surface area contributed by atoms with Crippen LogP contribution in [-0.2, 0) is 17.6 Å². The summed E-state index contributed by atoms with van der Waals surface area (Å²) in [4.78, 5) is 26.1. The lowest BCUT2D eigenvalue weighted by Crippen LogP contribution is -2.30. The van der Waals surface area contributed by atoms with E-state index in [1.807, 2.05) is 84.0 Å². The Balaban J connectivity index is 0.00000154. The average molecular weight is 528 g/mol. The van der Waals surface area contributed by atoms with Crippen molar-refractivity contribution in [3.05, 3.63) is 88.3 Å². The third-order valence-corrected chi connectivity index (χ3v) is 6.42. The standard InChI is InChI=1S/C25H25NO4S2.2C2H6/c1-3-7-18(4-2)21-13-12-20(30-21)10-6-11-22-23(27)26(25(31)32-22)15-14-17-8-5-9-19(16-17)24(28)29;2*1-2/h3-5,7-9,11-13,16H,6,10,14-15H2,1-2H3,(H,28,29);2*1-2H3/b7-3-,18-4+,22-11?;;. The highest BCUT2D eigenvalue weighted by Gasteiger charge is 2.31. The van der Waals surface area contributed by atoms with Gasteiger partial charge in [-0.25, -0.2) is 4.79 Å². The second-order valence-electron chi connectivity index (χ2n) is 7.20. The summed E-state index contributed by atoms with van der Waals surface area (Å²) in [6.07, 6.45) is 9.80. The fourth-order valence-electron chi connectivity index (χ4n) is 3.34. The smallest absolute Gasteiger partial charge is 0.335 e. The highest BCUT2D eigenvalue weighted by Crippen LogP contribution is 2.31. The molecular weight excluding hydrogens is 490 g/mol. The third-order valence-electron chi connectivity index (χ3n) is 5.00. The predicted molar refractivity (Wildman–Crippen MR) is 155 cm³/mol. The molecule has 0 spiro atoms. The zero-order valence-electron chi connectivity index (χ0n) is 22.0. The topological polar surface area (TPSA) is 70.8 Å². The summed E-state index contributed by atoms with van der Waals surface area (Å²) >= 11 is 6.70. The van der Waals surface area contributed by atoms with Gasteiger partial charge >= 0.3 is 5.97 Å². The summed E-state index contributed by atoms with van der Waals surface area (Å²) in [5.41, 5.74) is 2.13. The van der Waals surface area contributed by atoms with Crippen LogP contribution in [0.5, 0.6) is 0 Å². The number of amides is 1. The molecule has 194 valence electrons. The molecule has 2 aromatic rings. The van der Waals surface area contributed by atoms with Gasteiger partial charge < -0.3 is 9.52 Å². The van der Waals surface area contributed by atoms with Crippen LogP contribution in [0.4, 0.5) is 0 Å². The molecule has 0 atom stereocenters. The van der Waals surface area contributed by atoms with E-state index >= 15 is 0 Å². The van der Waals surface area contributed by atoms with Crippen LogP contribution in [0.1, 0.15) is 75.4 Å². The number of carboxylic acid groups (broad SMARTS) is 1. The molecule has 36 heavy (non-hydrogen) atoms. The van der Waals surface area contributed by atoms with Crippen LogP contribution >= 0.6 is 24.0 Å². The molecule has 0 radical (unpaired) electrons. The van der Waals surface area contributed by atoms with E-state index in [-0.39, 0.29) is 11.5 Å². The Bertz CT molecular complexity index is 1110. The highest BCUT2D eigenvalue weighted by molar-refractivity contribution is 8.26. The number of carbonyl (C=O) groups excluding carboxylic acids is 1. The average Bonchev–Trinajstić information content (AvgIpc) is 3.47. The molecule has 1 saturated heterocycles. The zero-order valence-corrected chi connectivity index (χ0v) is 23.7. The molecule has 0 bridgehead atoms. The summed E-state index contributed by atoms with van der Waals surface area (Å²) in [7, 11) is 0. The molecule has 1 fully saturated rings. The van der Waals surface area contributed by atoms with E-state index in [1.165, 1.54) is 11.8 Å². The number of nitrogens with zero attached hydrogens (tertiary/aromatic N) is 1. The van der Waals surface area contributed by atoms with Crippen LogP contribution in [-0.4, -0.2) is 32.7 Å². The van der Waals surface area contributed by atoms with Gasteiger partial charge in [0.15, 0.2) is 0 Å². The second kappa shape index (κ2) is 16.7. The molecule has 2 heterocycles. The van der Waals surface area contributed by atoms with Gasteiger partial charge in [-0.3, -0.25) is 9.69 Å². The van der Waals surface area contributed by atoms with Gasteiger partial charge in [-0.15, -0.1) is 0 Å². The number of allylic oxidation sites excluding steroid dienone is 5. The molecule has 1 aliphatic heterocycles. The fraction of sp³-hybridized carbons (Fsp3) is 0.345. The summed E-state index contributed by atoms with van der Waals surface area (Å²) in [5.74, 6) is 0.638. The van der Waals surface area contributed by atoms with Gasteiger partial charge in [0.1, 0.15) is 15.8 Å². The van der Waals surface area contributed by atoms with Gasteiger partial charge in [0, 0.05) is 18.5 Å². The van der Waals surface area contributed by atoms with Gasteiger partial charge in [0.25, 0.3) is 5.91 Å². The van der Waals surface area contributed by atoms with Crippen LogP contribution in [0.15, 0.2) is 70.0 Å². The first-order valence-electron chi connectivity index (χ1n) is 12.4. The molecule has 1 aromatic carbocycles. The molecule has 3 rings (SSSR count). The lowest BCUT2D eigenvalue weighted by Gasteiger charge is -2.14. The molecule has 7 heteroatoms. The molecule has 0 unspecified atom stereocenters. The molecule has 0 aliphatic carbocycles. The number of carbonyl (C=O) groups is 2. The molecule has 1 aliphatic rings. The first-order valence-corrected chi connectivity index (χ1v) is 13.6. The van der Waals surface area contributed by atoms with Crippen molar-refractivity contribution in [2.24, 2.45) is 0 Å². The maximum absolute atomic E-state index is 12.8. The van der Waals surface area contributed by atoms with Gasteiger partial charge in [0.05, 0.1) is 10.5 Å². The predicted octanol–water partition coefficient (Wildman–Crippen LogP) is 7.93. The number of carboxylic acids is 1. The number of rotatable bonds is 9. The Morgan fingerprint density at radius 1 is 1.11 bits per heavy atom. The number of hydrogen-bond donors (Lipinski definition) is 1. The number of thiocarbonyl (C=S) groups is 1. The van der Waals surface area contributed by atoms with E-state index in [9.17, 15) is 9.59 Å². The van der Waals surface area contributed by atoms with Crippen LogP contribution in [0.3, 0.4) is 0 Å². The van der Waals surface area contributed by atoms with E-state index in [4.69, 9.17) is 21.7 Å². The lowest BCUT2D eigenvalue weighted by atomic mass is 10.1. The lowest BCUT2D eigenvalue weighted by molar-refractivity contribution is -0.122. The van der Waals surface area contributed by atoms with Gasteiger partial charge in [0.2, 0.25) is 0 Å². The Kier molecular flexibility index (Phi) is 14.5. The monoisotopic (exact) mass is 527 g/mol. The van der Waals surface area contributed by atoms with Crippen molar-refractivity contribution in [3.63, 3.8) is 0 Å². The fourth-order valence-corrected chi connectivity index (χ4v) is 4.66. The van der Waals surface area contributed by atoms with E-state index in [2.05, 4.69) is 0 Å². The number of aryl methyl sites for hydroxylation is 1. The SMILES string of the molecule is C/C=C\C(=C/C)c1ccc(CCC=C2SC(=S)N(CCc3cccc(C(=O)O)c3)C2=O)o1.CC.CC. The first-order chi connectivity index (χ1) is 17.4. The van der Waals surface area contributed by atoms with E-state index < -0.39 is 5.97 Å². The third kappa shape index (κ3) is 8.95. The molecule has 1 amide bonds. The Hall–Kier alpha value is -2.90. The van der Waals surface area contributed by atoms with Crippen LogP contribution < -0.4 is 0 Å². The Labute approximate surface area is 225 Å². The summed E-state index contributed by atoms with van der Waals surface area (Å²) in [5, 5.41) is 9.13. The molecular formula is C29H37NO4S2. The number of benzene rings is 1. The van der Waals surface area contributed by atoms with Crippen molar-refractivity contribution in [1.82, 2.24) is 4.90 Å². The van der Waals surface area contributed by atoms with E-state index in [0.29, 0.717) is 35.0 Å².